The number of benzene rings is 1. The highest BCUT2D eigenvalue weighted by Gasteiger charge is 2.40. The lowest BCUT2D eigenvalue weighted by Crippen LogP contribution is -2.41. The van der Waals surface area contributed by atoms with E-state index in [0.29, 0.717) is 16.3 Å². The number of nitrogens with zero attached hydrogens (tertiary/aromatic N) is 5. The molecule has 1 saturated heterocycles. The molecule has 1 aromatic carbocycles. The molecule has 1 aliphatic carbocycles. The van der Waals surface area contributed by atoms with Gasteiger partial charge in [-0.1, -0.05) is 35.9 Å². The number of aromatic nitrogens is 4. The van der Waals surface area contributed by atoms with Crippen LogP contribution in [-0.2, 0) is 12.8 Å². The minimum atomic E-state index is 0.316. The Morgan fingerprint density at radius 2 is 1.72 bits per heavy atom. The summed E-state index contributed by atoms with van der Waals surface area (Å²) in [4.78, 5) is 16.2. The number of aryl methyl sites for hydroxylation is 1. The summed E-state index contributed by atoms with van der Waals surface area (Å²) in [7, 11) is 0. The lowest BCUT2D eigenvalue weighted by molar-refractivity contribution is 0.231. The summed E-state index contributed by atoms with van der Waals surface area (Å²) in [5.41, 5.74) is 12.9. The smallest absolute Gasteiger partial charge is 0.211 e. The van der Waals surface area contributed by atoms with Crippen LogP contribution in [0.1, 0.15) is 29.7 Å². The van der Waals surface area contributed by atoms with Crippen molar-refractivity contribution >= 4 is 29.0 Å². The zero-order valence-corrected chi connectivity index (χ0v) is 18.8. The first-order valence-electron chi connectivity index (χ1n) is 11.1. The summed E-state index contributed by atoms with van der Waals surface area (Å²) in [5.74, 6) is 1.26. The van der Waals surface area contributed by atoms with E-state index in [4.69, 9.17) is 22.3 Å². The molecule has 1 spiro atoms. The summed E-state index contributed by atoms with van der Waals surface area (Å²) < 4.78 is 2.08. The van der Waals surface area contributed by atoms with Crippen molar-refractivity contribution in [1.82, 2.24) is 19.4 Å². The summed E-state index contributed by atoms with van der Waals surface area (Å²) in [6.07, 6.45) is 10.2. The van der Waals surface area contributed by atoms with Gasteiger partial charge in [0.25, 0.3) is 0 Å². The molecule has 32 heavy (non-hydrogen) atoms. The number of hydrogen-bond donors (Lipinski definition) is 1. The predicted octanol–water partition coefficient (Wildman–Crippen LogP) is 4.72. The lowest BCUT2D eigenvalue weighted by Gasteiger charge is -2.40. The Hall–Kier alpha value is -3.12. The van der Waals surface area contributed by atoms with Gasteiger partial charge >= 0.3 is 0 Å². The number of nitrogens with two attached hydrogens (primary N) is 1. The first-order chi connectivity index (χ1) is 15.5. The second kappa shape index (κ2) is 7.20. The summed E-state index contributed by atoms with van der Waals surface area (Å²) in [5, 5.41) is 0.441. The molecule has 4 aromatic rings. The molecule has 0 unspecified atom stereocenters. The monoisotopic (exact) mass is 444 g/mol. The molecule has 4 heterocycles. The predicted molar refractivity (Wildman–Crippen MR) is 128 cm³/mol. The molecule has 0 saturated carbocycles. The van der Waals surface area contributed by atoms with E-state index in [1.807, 2.05) is 25.4 Å². The summed E-state index contributed by atoms with van der Waals surface area (Å²) in [6.45, 7) is 4.01. The second-order valence-corrected chi connectivity index (χ2v) is 9.54. The number of anilines is 2. The Labute approximate surface area is 192 Å². The fraction of sp³-hybridized carbons (Fsp3) is 0.320. The highest BCUT2D eigenvalue weighted by atomic mass is 35.5. The molecule has 2 N–H and O–H groups in total. The molecule has 1 fully saturated rings. The van der Waals surface area contributed by atoms with Crippen LogP contribution in [0.2, 0.25) is 5.02 Å². The van der Waals surface area contributed by atoms with E-state index in [-0.39, 0.29) is 0 Å². The van der Waals surface area contributed by atoms with Crippen LogP contribution < -0.4 is 10.6 Å². The van der Waals surface area contributed by atoms with Gasteiger partial charge in [-0.15, -0.1) is 0 Å². The quantitative estimate of drug-likeness (QED) is 0.484. The van der Waals surface area contributed by atoms with Gasteiger partial charge in [0.1, 0.15) is 11.5 Å². The van der Waals surface area contributed by atoms with Crippen LogP contribution in [0.4, 0.5) is 11.8 Å². The summed E-state index contributed by atoms with van der Waals surface area (Å²) >= 11 is 6.50. The Morgan fingerprint density at radius 1 is 1.00 bits per heavy atom. The van der Waals surface area contributed by atoms with Crippen molar-refractivity contribution in [3.05, 3.63) is 70.8 Å². The third kappa shape index (κ3) is 2.97. The Bertz CT molecular complexity index is 1310. The Balaban J connectivity index is 1.34. The number of hydrogen-bond acceptors (Lipinski definition) is 5. The minimum absolute atomic E-state index is 0.316. The standard InChI is InChI=1S/C25H25ClN6/c1-16-20(19-6-9-28-22(27)21(19)26)23-29-10-13-32(23)24(30-16)31-11-7-25(8-12-31)14-17-4-2-3-5-18(17)15-25/h2-6,9-10,13H,7-8,11-12,14-15H2,1H3,(H2,27,28). The number of rotatable bonds is 2. The average Bonchev–Trinajstić information content (AvgIpc) is 3.41. The van der Waals surface area contributed by atoms with Crippen molar-refractivity contribution < 1.29 is 0 Å². The highest BCUT2D eigenvalue weighted by Crippen LogP contribution is 2.45. The molecule has 7 heteroatoms. The molecule has 162 valence electrons. The number of halogens is 1. The van der Waals surface area contributed by atoms with E-state index in [2.05, 4.69) is 43.5 Å². The number of imidazole rings is 1. The molecule has 6 rings (SSSR count). The van der Waals surface area contributed by atoms with Crippen LogP contribution in [0.5, 0.6) is 0 Å². The minimum Gasteiger partial charge on any atom is -0.382 e. The molecular formula is C25H25ClN6. The van der Waals surface area contributed by atoms with Crippen molar-refractivity contribution in [2.24, 2.45) is 5.41 Å². The first-order valence-corrected chi connectivity index (χ1v) is 11.5. The lowest BCUT2D eigenvalue weighted by atomic mass is 9.76. The molecule has 0 bridgehead atoms. The second-order valence-electron chi connectivity index (χ2n) is 9.16. The van der Waals surface area contributed by atoms with E-state index < -0.39 is 0 Å². The van der Waals surface area contributed by atoms with Gasteiger partial charge in [0, 0.05) is 42.8 Å². The average molecular weight is 445 g/mol. The Kier molecular flexibility index (Phi) is 4.40. The van der Waals surface area contributed by atoms with Gasteiger partial charge in [0.2, 0.25) is 5.95 Å². The highest BCUT2D eigenvalue weighted by molar-refractivity contribution is 6.35. The maximum atomic E-state index is 6.50. The number of pyridine rings is 1. The number of fused-ring (bicyclic) bond motifs is 2. The van der Waals surface area contributed by atoms with Crippen LogP contribution in [0, 0.1) is 12.3 Å². The third-order valence-corrected chi connectivity index (χ3v) is 7.65. The van der Waals surface area contributed by atoms with E-state index in [0.717, 1.165) is 41.5 Å². The van der Waals surface area contributed by atoms with Gasteiger partial charge in [0.05, 0.1) is 10.7 Å². The topological polar surface area (TPSA) is 72.3 Å². The SMILES string of the molecule is Cc1nc(N2CCC3(CC2)Cc2ccccc2C3)n2ccnc2c1-c1ccnc(N)c1Cl. The van der Waals surface area contributed by atoms with Crippen molar-refractivity contribution in [2.75, 3.05) is 23.7 Å². The molecule has 0 atom stereocenters. The fourth-order valence-electron chi connectivity index (χ4n) is 5.57. The van der Waals surface area contributed by atoms with Crippen LogP contribution in [0.15, 0.2) is 48.9 Å². The summed E-state index contributed by atoms with van der Waals surface area (Å²) in [6, 6.07) is 10.8. The van der Waals surface area contributed by atoms with E-state index in [9.17, 15) is 0 Å². The van der Waals surface area contributed by atoms with E-state index in [1.54, 1.807) is 6.20 Å². The van der Waals surface area contributed by atoms with Gasteiger partial charge in [-0.2, -0.15) is 0 Å². The molecule has 2 aliphatic rings. The Morgan fingerprint density at radius 3 is 2.44 bits per heavy atom. The molecule has 1 aliphatic heterocycles. The maximum absolute atomic E-state index is 6.50. The first kappa shape index (κ1) is 19.6. The van der Waals surface area contributed by atoms with Crippen LogP contribution in [0.3, 0.4) is 0 Å². The zero-order chi connectivity index (χ0) is 21.9. The van der Waals surface area contributed by atoms with Crippen LogP contribution in [-0.4, -0.2) is 32.4 Å². The normalized spacial score (nSPS) is 17.2. The third-order valence-electron chi connectivity index (χ3n) is 7.25. The van der Waals surface area contributed by atoms with Gasteiger partial charge < -0.3 is 10.6 Å². The fourth-order valence-corrected chi connectivity index (χ4v) is 5.78. The zero-order valence-electron chi connectivity index (χ0n) is 18.1. The van der Waals surface area contributed by atoms with Gasteiger partial charge in [0.15, 0.2) is 0 Å². The molecule has 3 aromatic heterocycles. The van der Waals surface area contributed by atoms with Crippen molar-refractivity contribution in [2.45, 2.75) is 32.6 Å². The van der Waals surface area contributed by atoms with Gasteiger partial charge in [-0.25, -0.2) is 15.0 Å². The van der Waals surface area contributed by atoms with Gasteiger partial charge in [-0.05, 0) is 55.2 Å². The molecule has 0 amide bonds. The molecule has 6 nitrogen and oxygen atoms in total. The number of nitrogen functional groups attached to an aromatic ring is 1. The largest absolute Gasteiger partial charge is 0.382 e. The molecular weight excluding hydrogens is 420 g/mol. The molecule has 0 radical (unpaired) electrons. The van der Waals surface area contributed by atoms with E-state index in [1.165, 1.54) is 36.8 Å². The number of piperidine rings is 1. The van der Waals surface area contributed by atoms with Gasteiger partial charge in [-0.3, -0.25) is 4.40 Å². The van der Waals surface area contributed by atoms with Crippen LogP contribution in [0.25, 0.3) is 16.8 Å². The van der Waals surface area contributed by atoms with Crippen LogP contribution >= 0.6 is 11.6 Å². The van der Waals surface area contributed by atoms with Crippen molar-refractivity contribution in [1.29, 1.82) is 0 Å². The van der Waals surface area contributed by atoms with Crippen molar-refractivity contribution in [3.8, 4) is 11.1 Å². The van der Waals surface area contributed by atoms with E-state index >= 15 is 0 Å². The van der Waals surface area contributed by atoms with Crippen molar-refractivity contribution in [3.63, 3.8) is 0 Å². The maximum Gasteiger partial charge on any atom is 0.211 e.